The lowest BCUT2D eigenvalue weighted by Gasteiger charge is -2.12. The lowest BCUT2D eigenvalue weighted by atomic mass is 10.0. The molecule has 1 saturated heterocycles. The van der Waals surface area contributed by atoms with E-state index in [9.17, 15) is 8.78 Å². The van der Waals surface area contributed by atoms with Crippen LogP contribution in [0.3, 0.4) is 0 Å². The zero-order chi connectivity index (χ0) is 19.3. The summed E-state index contributed by atoms with van der Waals surface area (Å²) in [7, 11) is 1.54. The third-order valence-electron chi connectivity index (χ3n) is 4.48. The van der Waals surface area contributed by atoms with Gasteiger partial charge in [0.15, 0.2) is 6.23 Å². The lowest BCUT2D eigenvalue weighted by molar-refractivity contribution is 0.378. The van der Waals surface area contributed by atoms with Gasteiger partial charge in [0.25, 0.3) is 0 Å². The Morgan fingerprint density at radius 3 is 2.56 bits per heavy atom. The second kappa shape index (κ2) is 6.78. The van der Waals surface area contributed by atoms with Crippen molar-refractivity contribution in [3.05, 3.63) is 69.5 Å². The van der Waals surface area contributed by atoms with E-state index in [1.54, 1.807) is 38.2 Å². The van der Waals surface area contributed by atoms with Crippen molar-refractivity contribution in [3.63, 3.8) is 0 Å². The highest BCUT2D eigenvalue weighted by atomic mass is 35.5. The van der Waals surface area contributed by atoms with Crippen LogP contribution in [0.1, 0.15) is 17.4 Å². The predicted octanol–water partition coefficient (Wildman–Crippen LogP) is 5.49. The number of aromatic nitrogens is 2. The van der Waals surface area contributed by atoms with E-state index in [4.69, 9.17) is 27.9 Å². The Balaban J connectivity index is 1.63. The van der Waals surface area contributed by atoms with E-state index in [1.165, 1.54) is 16.8 Å². The van der Waals surface area contributed by atoms with E-state index in [1.807, 2.05) is 0 Å². The summed E-state index contributed by atoms with van der Waals surface area (Å²) >= 11 is 12.1. The summed E-state index contributed by atoms with van der Waals surface area (Å²) in [5.74, 6) is -0.811. The first-order valence-corrected chi connectivity index (χ1v) is 8.96. The number of nitrogens with zero attached hydrogens (tertiary/aromatic N) is 2. The number of anilines is 1. The molecule has 4 nitrogen and oxygen atoms in total. The van der Waals surface area contributed by atoms with Crippen molar-refractivity contribution in [2.75, 3.05) is 5.32 Å². The topological polar surface area (TPSA) is 42.4 Å². The molecular weight excluding hydrogens is 395 g/mol. The van der Waals surface area contributed by atoms with Gasteiger partial charge in [0.1, 0.15) is 11.9 Å². The van der Waals surface area contributed by atoms with Crippen molar-refractivity contribution < 1.29 is 13.5 Å². The molecule has 0 amide bonds. The number of epoxide rings is 1. The highest BCUT2D eigenvalue weighted by Crippen LogP contribution is 2.43. The predicted molar refractivity (Wildman–Crippen MR) is 101 cm³/mol. The Kier molecular flexibility index (Phi) is 4.58. The van der Waals surface area contributed by atoms with E-state index in [2.05, 4.69) is 10.4 Å². The van der Waals surface area contributed by atoms with Gasteiger partial charge >= 0.3 is 0 Å². The molecule has 3 aromatic rings. The maximum atomic E-state index is 14.2. The number of ether oxygens (including phenoxy) is 1. The molecule has 2 unspecified atom stereocenters. The van der Waals surface area contributed by atoms with Crippen LogP contribution < -0.4 is 5.32 Å². The number of hydrogen-bond acceptors (Lipinski definition) is 3. The maximum absolute atomic E-state index is 14.2. The first kappa shape index (κ1) is 18.2. The molecule has 2 heterocycles. The van der Waals surface area contributed by atoms with Gasteiger partial charge < -0.3 is 10.1 Å². The Hall–Kier alpha value is -2.15. The summed E-state index contributed by atoms with van der Waals surface area (Å²) in [6.45, 7) is 1.73. The fraction of sp³-hybridized carbons (Fsp3) is 0.211. The fourth-order valence-electron chi connectivity index (χ4n) is 3.11. The molecule has 0 radical (unpaired) electrons. The summed E-state index contributed by atoms with van der Waals surface area (Å²) < 4.78 is 34.8. The second-order valence-electron chi connectivity index (χ2n) is 6.35. The van der Waals surface area contributed by atoms with Crippen molar-refractivity contribution in [2.45, 2.75) is 19.3 Å². The molecule has 2 aromatic carbocycles. The molecule has 27 heavy (non-hydrogen) atoms. The normalized spacial score (nSPS) is 18.6. The molecule has 1 fully saturated rings. The van der Waals surface area contributed by atoms with Crippen LogP contribution in [0.15, 0.2) is 36.4 Å². The van der Waals surface area contributed by atoms with Crippen molar-refractivity contribution in [2.24, 2.45) is 7.05 Å². The number of benzene rings is 2. The quantitative estimate of drug-likeness (QED) is 0.579. The molecule has 0 aliphatic carbocycles. The standard InChI is InChI=1S/C19H15Cl2F2N3O/c1-9-16(18(23)26(2)25-9)17-19(27-17)24-15-6-4-11(22)8-12(15)10-3-5-13(20)14(21)7-10/h3-8,17,19,24H,1-2H3. The van der Waals surface area contributed by atoms with Gasteiger partial charge in [-0.15, -0.1) is 0 Å². The monoisotopic (exact) mass is 409 g/mol. The molecule has 1 aliphatic rings. The van der Waals surface area contributed by atoms with Crippen molar-refractivity contribution >= 4 is 28.9 Å². The molecule has 1 N–H and O–H groups in total. The molecule has 0 spiro atoms. The van der Waals surface area contributed by atoms with Crippen LogP contribution in [0.25, 0.3) is 11.1 Å². The zero-order valence-corrected chi connectivity index (χ0v) is 15.9. The molecule has 1 aromatic heterocycles. The minimum atomic E-state index is -0.453. The van der Waals surface area contributed by atoms with E-state index in [-0.39, 0.29) is 5.82 Å². The lowest BCUT2D eigenvalue weighted by Crippen LogP contribution is -2.07. The summed E-state index contributed by atoms with van der Waals surface area (Å²) in [6.07, 6.45) is -0.889. The van der Waals surface area contributed by atoms with Crippen LogP contribution >= 0.6 is 23.2 Å². The molecule has 0 saturated carbocycles. The van der Waals surface area contributed by atoms with Crippen LogP contribution in [0, 0.1) is 18.7 Å². The van der Waals surface area contributed by atoms with Gasteiger partial charge in [0.2, 0.25) is 5.95 Å². The Morgan fingerprint density at radius 2 is 1.89 bits per heavy atom. The maximum Gasteiger partial charge on any atom is 0.217 e. The minimum absolute atomic E-state index is 0.373. The molecule has 8 heteroatoms. The van der Waals surface area contributed by atoms with Gasteiger partial charge in [0.05, 0.1) is 21.3 Å². The number of hydrogen-bond donors (Lipinski definition) is 1. The van der Waals surface area contributed by atoms with Crippen LogP contribution in [-0.2, 0) is 11.8 Å². The smallest absolute Gasteiger partial charge is 0.217 e. The third-order valence-corrected chi connectivity index (χ3v) is 5.22. The molecule has 0 bridgehead atoms. The molecule has 4 rings (SSSR count). The summed E-state index contributed by atoms with van der Waals surface area (Å²) in [6, 6.07) is 9.42. The molecular formula is C19H15Cl2F2N3O. The van der Waals surface area contributed by atoms with Crippen molar-refractivity contribution in [1.82, 2.24) is 9.78 Å². The Labute approximate surface area is 164 Å². The number of aryl methyl sites for hydroxylation is 2. The van der Waals surface area contributed by atoms with Gasteiger partial charge in [0, 0.05) is 18.3 Å². The van der Waals surface area contributed by atoms with Crippen molar-refractivity contribution in [1.29, 1.82) is 0 Å². The molecule has 140 valence electrons. The van der Waals surface area contributed by atoms with E-state index < -0.39 is 18.3 Å². The van der Waals surface area contributed by atoms with Crippen LogP contribution in [0.5, 0.6) is 0 Å². The number of halogens is 4. The van der Waals surface area contributed by atoms with Crippen molar-refractivity contribution in [3.8, 4) is 11.1 Å². The largest absolute Gasteiger partial charge is 0.357 e. The average Bonchev–Trinajstić information content (AvgIpc) is 3.31. The minimum Gasteiger partial charge on any atom is -0.357 e. The highest BCUT2D eigenvalue weighted by molar-refractivity contribution is 6.42. The van der Waals surface area contributed by atoms with Gasteiger partial charge in [-0.2, -0.15) is 9.49 Å². The zero-order valence-electron chi connectivity index (χ0n) is 14.4. The molecule has 1 aliphatic heterocycles. The highest BCUT2D eigenvalue weighted by Gasteiger charge is 2.45. The van der Waals surface area contributed by atoms with E-state index in [0.717, 1.165) is 0 Å². The average molecular weight is 410 g/mol. The van der Waals surface area contributed by atoms with Crippen LogP contribution in [0.4, 0.5) is 14.5 Å². The summed E-state index contributed by atoms with van der Waals surface area (Å²) in [5, 5.41) is 8.04. The summed E-state index contributed by atoms with van der Waals surface area (Å²) in [4.78, 5) is 0. The first-order chi connectivity index (χ1) is 12.8. The molecule has 2 atom stereocenters. The van der Waals surface area contributed by atoms with Crippen LogP contribution in [-0.4, -0.2) is 16.0 Å². The van der Waals surface area contributed by atoms with Gasteiger partial charge in [-0.05, 0) is 42.8 Å². The Bertz CT molecular complexity index is 1040. The van der Waals surface area contributed by atoms with Gasteiger partial charge in [-0.25, -0.2) is 9.07 Å². The number of rotatable bonds is 4. The van der Waals surface area contributed by atoms with Gasteiger partial charge in [-0.3, -0.25) is 0 Å². The number of nitrogens with one attached hydrogen (secondary N) is 1. The fourth-order valence-corrected chi connectivity index (χ4v) is 3.41. The van der Waals surface area contributed by atoms with Gasteiger partial charge in [-0.1, -0.05) is 29.3 Å². The van der Waals surface area contributed by atoms with E-state index in [0.29, 0.717) is 38.1 Å². The Morgan fingerprint density at radius 1 is 1.11 bits per heavy atom. The summed E-state index contributed by atoms with van der Waals surface area (Å²) in [5.41, 5.74) is 2.95. The third kappa shape index (κ3) is 3.40. The van der Waals surface area contributed by atoms with Crippen LogP contribution in [0.2, 0.25) is 10.0 Å². The second-order valence-corrected chi connectivity index (χ2v) is 7.17. The SMILES string of the molecule is Cc1nn(C)c(F)c1C1OC1Nc1ccc(F)cc1-c1ccc(Cl)c(Cl)c1. The first-order valence-electron chi connectivity index (χ1n) is 8.21. The van der Waals surface area contributed by atoms with E-state index >= 15 is 0 Å².